The number of hydrogen-bond acceptors (Lipinski definition) is 5. The molecular formula is C17H20N4O2. The van der Waals surface area contributed by atoms with Crippen LogP contribution in [0.5, 0.6) is 5.75 Å². The number of hydrogen-bond donors (Lipinski definition) is 1. The number of amides is 1. The lowest BCUT2D eigenvalue weighted by Crippen LogP contribution is -2.48. The number of nitrogens with one attached hydrogen (secondary N) is 1. The molecule has 1 unspecified atom stereocenters. The highest BCUT2D eigenvalue weighted by Crippen LogP contribution is 2.29. The highest BCUT2D eigenvalue weighted by atomic mass is 16.5. The van der Waals surface area contributed by atoms with Crippen LogP contribution in [0.2, 0.25) is 0 Å². The van der Waals surface area contributed by atoms with E-state index in [1.54, 1.807) is 13.3 Å². The molecule has 1 aromatic heterocycles. The van der Waals surface area contributed by atoms with Gasteiger partial charge in [0, 0.05) is 31.5 Å². The molecule has 0 radical (unpaired) electrons. The van der Waals surface area contributed by atoms with Gasteiger partial charge in [0.1, 0.15) is 11.4 Å². The summed E-state index contributed by atoms with van der Waals surface area (Å²) >= 11 is 0. The lowest BCUT2D eigenvalue weighted by Gasteiger charge is -2.35. The summed E-state index contributed by atoms with van der Waals surface area (Å²) in [5.74, 6) is 0.679. The minimum atomic E-state index is -0.176. The molecule has 1 fully saturated rings. The van der Waals surface area contributed by atoms with E-state index in [9.17, 15) is 4.79 Å². The van der Waals surface area contributed by atoms with Gasteiger partial charge in [-0.25, -0.2) is 4.98 Å². The van der Waals surface area contributed by atoms with Gasteiger partial charge in [-0.3, -0.25) is 9.78 Å². The third kappa shape index (κ3) is 3.59. The summed E-state index contributed by atoms with van der Waals surface area (Å²) < 4.78 is 5.44. The summed E-state index contributed by atoms with van der Waals surface area (Å²) in [4.78, 5) is 22.5. The quantitative estimate of drug-likeness (QED) is 0.934. The zero-order valence-electron chi connectivity index (χ0n) is 13.1. The van der Waals surface area contributed by atoms with Crippen molar-refractivity contribution in [1.82, 2.24) is 15.3 Å². The van der Waals surface area contributed by atoms with Crippen LogP contribution in [0.3, 0.4) is 0 Å². The van der Waals surface area contributed by atoms with Crippen molar-refractivity contribution in [2.45, 2.75) is 18.9 Å². The van der Waals surface area contributed by atoms with E-state index < -0.39 is 0 Å². The van der Waals surface area contributed by atoms with Crippen molar-refractivity contribution in [2.24, 2.45) is 0 Å². The van der Waals surface area contributed by atoms with Gasteiger partial charge in [0.2, 0.25) is 0 Å². The number of methoxy groups -OCH3 is 1. The Morgan fingerprint density at radius 1 is 1.35 bits per heavy atom. The molecule has 1 atom stereocenters. The van der Waals surface area contributed by atoms with Crippen LogP contribution in [0.1, 0.15) is 23.3 Å². The first-order valence-electron chi connectivity index (χ1n) is 7.73. The maximum Gasteiger partial charge on any atom is 0.271 e. The number of para-hydroxylation sites is 2. The van der Waals surface area contributed by atoms with Gasteiger partial charge in [-0.15, -0.1) is 0 Å². The molecule has 6 nitrogen and oxygen atoms in total. The number of nitrogens with zero attached hydrogens (tertiary/aromatic N) is 3. The average Bonchev–Trinajstić information content (AvgIpc) is 2.62. The maximum absolute atomic E-state index is 12.2. The number of ether oxygens (including phenoxy) is 1. The predicted octanol–water partition coefficient (Wildman–Crippen LogP) is 1.88. The average molecular weight is 312 g/mol. The van der Waals surface area contributed by atoms with Gasteiger partial charge in [0.25, 0.3) is 5.91 Å². The van der Waals surface area contributed by atoms with Crippen molar-refractivity contribution >= 4 is 11.6 Å². The van der Waals surface area contributed by atoms with Crippen LogP contribution in [0.4, 0.5) is 5.69 Å². The first-order chi connectivity index (χ1) is 11.3. The van der Waals surface area contributed by atoms with Crippen molar-refractivity contribution < 1.29 is 9.53 Å². The SMILES string of the molecule is COc1ccccc1N1CCCC(NC(=O)c2cnccn2)C1. The molecule has 120 valence electrons. The molecule has 6 heteroatoms. The molecule has 0 aliphatic carbocycles. The van der Waals surface area contributed by atoms with Gasteiger partial charge >= 0.3 is 0 Å². The van der Waals surface area contributed by atoms with Crippen molar-refractivity contribution in [3.8, 4) is 5.75 Å². The molecule has 1 saturated heterocycles. The highest BCUT2D eigenvalue weighted by molar-refractivity contribution is 5.92. The zero-order chi connectivity index (χ0) is 16.1. The Balaban J connectivity index is 1.68. The van der Waals surface area contributed by atoms with Crippen molar-refractivity contribution in [2.75, 3.05) is 25.1 Å². The van der Waals surface area contributed by atoms with E-state index in [0.29, 0.717) is 5.69 Å². The van der Waals surface area contributed by atoms with Gasteiger partial charge in [0.05, 0.1) is 19.0 Å². The summed E-state index contributed by atoms with van der Waals surface area (Å²) in [5, 5.41) is 3.05. The van der Waals surface area contributed by atoms with E-state index in [4.69, 9.17) is 4.74 Å². The maximum atomic E-state index is 12.2. The van der Waals surface area contributed by atoms with Crippen LogP contribution in [0.15, 0.2) is 42.9 Å². The van der Waals surface area contributed by atoms with Crippen LogP contribution >= 0.6 is 0 Å². The molecule has 0 bridgehead atoms. The Bertz CT molecular complexity index is 663. The Kier molecular flexibility index (Phi) is 4.71. The molecule has 1 N–H and O–H groups in total. The molecule has 1 aromatic carbocycles. The van der Waals surface area contributed by atoms with Gasteiger partial charge < -0.3 is 15.0 Å². The number of anilines is 1. The Morgan fingerprint density at radius 3 is 3.00 bits per heavy atom. The molecule has 2 aromatic rings. The normalized spacial score (nSPS) is 17.6. The number of rotatable bonds is 4. The van der Waals surface area contributed by atoms with Crippen molar-refractivity contribution in [3.05, 3.63) is 48.5 Å². The van der Waals surface area contributed by atoms with E-state index in [0.717, 1.165) is 37.4 Å². The molecule has 3 rings (SSSR count). The number of piperidine rings is 1. The van der Waals surface area contributed by atoms with Crippen LogP contribution in [0, 0.1) is 0 Å². The molecular weight excluding hydrogens is 292 g/mol. The second-order valence-corrected chi connectivity index (χ2v) is 5.52. The predicted molar refractivity (Wildman–Crippen MR) is 87.7 cm³/mol. The van der Waals surface area contributed by atoms with Crippen LogP contribution in [0.25, 0.3) is 0 Å². The Morgan fingerprint density at radius 2 is 2.22 bits per heavy atom. The van der Waals surface area contributed by atoms with Crippen molar-refractivity contribution in [3.63, 3.8) is 0 Å². The van der Waals surface area contributed by atoms with E-state index in [2.05, 4.69) is 20.2 Å². The molecule has 1 amide bonds. The lowest BCUT2D eigenvalue weighted by atomic mass is 10.0. The van der Waals surface area contributed by atoms with E-state index >= 15 is 0 Å². The van der Waals surface area contributed by atoms with E-state index in [1.807, 2.05) is 24.3 Å². The van der Waals surface area contributed by atoms with Crippen molar-refractivity contribution in [1.29, 1.82) is 0 Å². The minimum Gasteiger partial charge on any atom is -0.495 e. The summed E-state index contributed by atoms with van der Waals surface area (Å²) in [6.45, 7) is 1.71. The molecule has 2 heterocycles. The third-order valence-corrected chi connectivity index (χ3v) is 3.98. The van der Waals surface area contributed by atoms with E-state index in [1.165, 1.54) is 12.4 Å². The fourth-order valence-corrected chi connectivity index (χ4v) is 2.88. The first-order valence-corrected chi connectivity index (χ1v) is 7.73. The molecule has 23 heavy (non-hydrogen) atoms. The van der Waals surface area contributed by atoms with Gasteiger partial charge in [0.15, 0.2) is 0 Å². The third-order valence-electron chi connectivity index (χ3n) is 3.98. The second-order valence-electron chi connectivity index (χ2n) is 5.52. The van der Waals surface area contributed by atoms with Gasteiger partial charge in [-0.05, 0) is 25.0 Å². The summed E-state index contributed by atoms with van der Waals surface area (Å²) in [6, 6.07) is 8.05. The Hall–Kier alpha value is -2.63. The summed E-state index contributed by atoms with van der Waals surface area (Å²) in [6.07, 6.45) is 6.54. The summed E-state index contributed by atoms with van der Waals surface area (Å²) in [7, 11) is 1.68. The number of benzene rings is 1. The van der Waals surface area contributed by atoms with Crippen LogP contribution in [-0.4, -0.2) is 42.1 Å². The smallest absolute Gasteiger partial charge is 0.271 e. The monoisotopic (exact) mass is 312 g/mol. The number of carbonyl (C=O) groups is 1. The topological polar surface area (TPSA) is 67.3 Å². The zero-order valence-corrected chi connectivity index (χ0v) is 13.1. The molecule has 0 saturated carbocycles. The number of aromatic nitrogens is 2. The summed E-state index contributed by atoms with van der Waals surface area (Å²) in [5.41, 5.74) is 1.41. The van der Waals surface area contributed by atoms with Gasteiger partial charge in [-0.1, -0.05) is 12.1 Å². The standard InChI is InChI=1S/C17H20N4O2/c1-23-16-7-3-2-6-15(16)21-10-4-5-13(12-21)20-17(22)14-11-18-8-9-19-14/h2-3,6-9,11,13H,4-5,10,12H2,1H3,(H,20,22). The van der Waals surface area contributed by atoms with Gasteiger partial charge in [-0.2, -0.15) is 0 Å². The second kappa shape index (κ2) is 7.09. The fourth-order valence-electron chi connectivity index (χ4n) is 2.88. The molecule has 1 aliphatic heterocycles. The van der Waals surface area contributed by atoms with E-state index in [-0.39, 0.29) is 11.9 Å². The Labute approximate surface area is 135 Å². The fraction of sp³-hybridized carbons (Fsp3) is 0.353. The minimum absolute atomic E-state index is 0.0863. The highest BCUT2D eigenvalue weighted by Gasteiger charge is 2.24. The largest absolute Gasteiger partial charge is 0.495 e. The van der Waals surface area contributed by atoms with Crippen LogP contribution in [-0.2, 0) is 0 Å². The van der Waals surface area contributed by atoms with Crippen LogP contribution < -0.4 is 15.0 Å². The lowest BCUT2D eigenvalue weighted by molar-refractivity contribution is 0.0927. The molecule has 0 spiro atoms. The number of carbonyl (C=O) groups excluding carboxylic acids is 1. The molecule has 1 aliphatic rings. The first kappa shape index (κ1) is 15.3.